The van der Waals surface area contributed by atoms with Gasteiger partial charge in [-0.1, -0.05) is 12.1 Å². The lowest BCUT2D eigenvalue weighted by atomic mass is 9.79. The Kier molecular flexibility index (Phi) is 5.30. The number of hydrogen-bond donors (Lipinski definition) is 1. The van der Waals surface area contributed by atoms with Crippen LogP contribution < -0.4 is 15.5 Å². The molecule has 1 heterocycles. The maximum Gasteiger partial charge on any atom is 0.494 e. The summed E-state index contributed by atoms with van der Waals surface area (Å²) in [6.07, 6.45) is 0.0251. The first kappa shape index (κ1) is 18.8. The van der Waals surface area contributed by atoms with E-state index in [1.165, 1.54) is 0 Å². The molecule has 1 aromatic rings. The molecule has 0 saturated carbocycles. The molecule has 1 aromatic carbocycles. The van der Waals surface area contributed by atoms with Gasteiger partial charge in [0.15, 0.2) is 5.60 Å². The summed E-state index contributed by atoms with van der Waals surface area (Å²) in [4.78, 5) is 12.2. The van der Waals surface area contributed by atoms with Gasteiger partial charge in [-0.2, -0.15) is 0 Å². The third-order valence-electron chi connectivity index (χ3n) is 4.21. The van der Waals surface area contributed by atoms with Crippen molar-refractivity contribution in [2.45, 2.75) is 71.8 Å². The highest BCUT2D eigenvalue weighted by atomic mass is 16.7. The van der Waals surface area contributed by atoms with Crippen LogP contribution in [0.1, 0.15) is 48.5 Å². The summed E-state index contributed by atoms with van der Waals surface area (Å²) in [5, 5.41) is 2.87. The average Bonchev–Trinajstić information content (AvgIpc) is 2.72. The Balaban J connectivity index is 2.04. The Morgan fingerprint density at radius 3 is 2.33 bits per heavy atom. The predicted molar refractivity (Wildman–Crippen MR) is 95.5 cm³/mol. The summed E-state index contributed by atoms with van der Waals surface area (Å²) >= 11 is 0. The van der Waals surface area contributed by atoms with Crippen LogP contribution in [-0.4, -0.2) is 36.4 Å². The van der Waals surface area contributed by atoms with Gasteiger partial charge in [-0.05, 0) is 66.1 Å². The fraction of sp³-hybridized carbons (Fsp3) is 0.611. The average molecular weight is 333 g/mol. The number of hydrogen-bond acceptors (Lipinski definition) is 4. The van der Waals surface area contributed by atoms with Crippen molar-refractivity contribution in [2.24, 2.45) is 0 Å². The molecule has 1 unspecified atom stereocenters. The maximum atomic E-state index is 12.2. The van der Waals surface area contributed by atoms with Crippen LogP contribution in [0.3, 0.4) is 0 Å². The molecule has 1 saturated heterocycles. The minimum atomic E-state index is -0.942. The van der Waals surface area contributed by atoms with Crippen LogP contribution in [0.4, 0.5) is 0 Å². The van der Waals surface area contributed by atoms with Gasteiger partial charge in [0.25, 0.3) is 5.91 Å². The van der Waals surface area contributed by atoms with Crippen molar-refractivity contribution in [3.05, 3.63) is 24.3 Å². The number of carbonyl (C=O) groups is 1. The van der Waals surface area contributed by atoms with Gasteiger partial charge in [0.05, 0.1) is 11.7 Å². The second-order valence-electron chi connectivity index (χ2n) is 7.64. The Labute approximate surface area is 145 Å². The van der Waals surface area contributed by atoms with Gasteiger partial charge < -0.3 is 19.4 Å². The smallest absolute Gasteiger partial charge is 0.478 e. The minimum absolute atomic E-state index is 0.0251. The molecule has 1 aliphatic heterocycles. The van der Waals surface area contributed by atoms with Crippen LogP contribution in [0, 0.1) is 0 Å². The molecule has 0 bridgehead atoms. The molecule has 2 rings (SSSR count). The SMILES string of the molecule is CC(C)NC(=O)C(C)(C)Oc1ccc(B2OC(C)C(C)(C)O2)cc1. The second kappa shape index (κ2) is 6.77. The zero-order valence-corrected chi connectivity index (χ0v) is 15.7. The number of nitrogens with one attached hydrogen (secondary N) is 1. The van der Waals surface area contributed by atoms with E-state index in [0.29, 0.717) is 5.75 Å². The molecule has 6 heteroatoms. The van der Waals surface area contributed by atoms with E-state index in [1.54, 1.807) is 13.8 Å². The van der Waals surface area contributed by atoms with E-state index >= 15 is 0 Å². The van der Waals surface area contributed by atoms with Crippen LogP contribution in [-0.2, 0) is 14.1 Å². The molecule has 1 fully saturated rings. The summed E-state index contributed by atoms with van der Waals surface area (Å²) in [5.74, 6) is 0.493. The third kappa shape index (κ3) is 4.30. The van der Waals surface area contributed by atoms with Gasteiger partial charge in [0, 0.05) is 6.04 Å². The van der Waals surface area contributed by atoms with Crippen molar-refractivity contribution < 1.29 is 18.8 Å². The van der Waals surface area contributed by atoms with Gasteiger partial charge in [0.1, 0.15) is 5.75 Å². The fourth-order valence-electron chi connectivity index (χ4n) is 2.37. The molecule has 0 aliphatic carbocycles. The lowest BCUT2D eigenvalue weighted by Crippen LogP contribution is -2.48. The van der Waals surface area contributed by atoms with Crippen molar-refractivity contribution in [2.75, 3.05) is 0 Å². The molecule has 5 nitrogen and oxygen atoms in total. The van der Waals surface area contributed by atoms with Crippen LogP contribution in [0.15, 0.2) is 24.3 Å². The summed E-state index contributed by atoms with van der Waals surface area (Å²) in [7, 11) is -0.374. The molecule has 1 atom stereocenters. The predicted octanol–water partition coefficient (Wildman–Crippen LogP) is 2.28. The molecule has 1 amide bonds. The van der Waals surface area contributed by atoms with Crippen LogP contribution in [0.5, 0.6) is 5.75 Å². The summed E-state index contributed by atoms with van der Waals surface area (Å²) in [6.45, 7) is 13.4. The monoisotopic (exact) mass is 333 g/mol. The quantitative estimate of drug-likeness (QED) is 0.840. The van der Waals surface area contributed by atoms with Crippen molar-refractivity contribution in [1.82, 2.24) is 5.32 Å². The fourth-order valence-corrected chi connectivity index (χ4v) is 2.37. The molecule has 1 N–H and O–H groups in total. The van der Waals surface area contributed by atoms with Crippen molar-refractivity contribution in [1.29, 1.82) is 0 Å². The minimum Gasteiger partial charge on any atom is -0.478 e. The van der Waals surface area contributed by atoms with Gasteiger partial charge in [-0.25, -0.2) is 0 Å². The Morgan fingerprint density at radius 1 is 1.29 bits per heavy atom. The number of benzene rings is 1. The molecule has 132 valence electrons. The van der Waals surface area contributed by atoms with Crippen molar-refractivity contribution >= 4 is 18.5 Å². The third-order valence-corrected chi connectivity index (χ3v) is 4.21. The normalized spacial score (nSPS) is 20.3. The van der Waals surface area contributed by atoms with Gasteiger partial charge in [0.2, 0.25) is 0 Å². The topological polar surface area (TPSA) is 56.8 Å². The maximum absolute atomic E-state index is 12.2. The Morgan fingerprint density at radius 2 is 1.88 bits per heavy atom. The summed E-state index contributed by atoms with van der Waals surface area (Å²) in [5.41, 5.74) is -0.316. The molecule has 1 aliphatic rings. The largest absolute Gasteiger partial charge is 0.494 e. The van der Waals surface area contributed by atoms with E-state index in [1.807, 2.05) is 58.9 Å². The highest BCUT2D eigenvalue weighted by molar-refractivity contribution is 6.62. The van der Waals surface area contributed by atoms with Gasteiger partial charge in [-0.3, -0.25) is 4.79 Å². The molecular formula is C18H28BNO4. The highest BCUT2D eigenvalue weighted by Crippen LogP contribution is 2.27. The lowest BCUT2D eigenvalue weighted by Gasteiger charge is -2.26. The number of carbonyl (C=O) groups excluding carboxylic acids is 1. The van der Waals surface area contributed by atoms with Gasteiger partial charge >= 0.3 is 7.12 Å². The van der Waals surface area contributed by atoms with E-state index in [0.717, 1.165) is 5.46 Å². The van der Waals surface area contributed by atoms with E-state index in [4.69, 9.17) is 14.0 Å². The Bertz CT molecular complexity index is 583. The molecule has 0 aromatic heterocycles. The zero-order chi connectivity index (χ0) is 18.1. The highest BCUT2D eigenvalue weighted by Gasteiger charge is 2.43. The lowest BCUT2D eigenvalue weighted by molar-refractivity contribution is -0.134. The molecule has 24 heavy (non-hydrogen) atoms. The molecule has 0 spiro atoms. The summed E-state index contributed by atoms with van der Waals surface area (Å²) in [6, 6.07) is 7.56. The standard InChI is InChI=1S/C18H28BNO4/c1-12(2)20-16(21)18(6,7)22-15-10-8-14(9-11-15)19-23-13(3)17(4,5)24-19/h8-13H,1-7H3,(H,20,21). The number of ether oxygens (including phenoxy) is 1. The second-order valence-corrected chi connectivity index (χ2v) is 7.64. The number of rotatable bonds is 5. The zero-order valence-electron chi connectivity index (χ0n) is 15.7. The molecular weight excluding hydrogens is 305 g/mol. The Hall–Kier alpha value is -1.53. The number of amides is 1. The van der Waals surface area contributed by atoms with Crippen molar-refractivity contribution in [3.63, 3.8) is 0 Å². The van der Waals surface area contributed by atoms with Crippen LogP contribution >= 0.6 is 0 Å². The first-order chi connectivity index (χ1) is 11.0. The van der Waals surface area contributed by atoms with Gasteiger partial charge in [-0.15, -0.1) is 0 Å². The van der Waals surface area contributed by atoms with Crippen molar-refractivity contribution in [3.8, 4) is 5.75 Å². The van der Waals surface area contributed by atoms with E-state index in [9.17, 15) is 4.79 Å². The molecule has 0 radical (unpaired) electrons. The van der Waals surface area contributed by atoms with E-state index < -0.39 is 5.60 Å². The van der Waals surface area contributed by atoms with E-state index in [2.05, 4.69) is 5.32 Å². The van der Waals surface area contributed by atoms with Crippen LogP contribution in [0.2, 0.25) is 0 Å². The van der Waals surface area contributed by atoms with E-state index in [-0.39, 0.29) is 30.8 Å². The van der Waals surface area contributed by atoms with Crippen LogP contribution in [0.25, 0.3) is 0 Å². The first-order valence-electron chi connectivity index (χ1n) is 8.44. The first-order valence-corrected chi connectivity index (χ1v) is 8.44. The summed E-state index contributed by atoms with van der Waals surface area (Å²) < 4.78 is 17.7.